The van der Waals surface area contributed by atoms with Gasteiger partial charge in [0.1, 0.15) is 11.5 Å². The van der Waals surface area contributed by atoms with Crippen LogP contribution in [0.25, 0.3) is 0 Å². The summed E-state index contributed by atoms with van der Waals surface area (Å²) in [6, 6.07) is 7.83. The number of aryl methyl sites for hydroxylation is 1. The Morgan fingerprint density at radius 3 is 2.77 bits per heavy atom. The largest absolute Gasteiger partial charge is 0.481 e. The van der Waals surface area contributed by atoms with Crippen LogP contribution in [-0.4, -0.2) is 35.2 Å². The van der Waals surface area contributed by atoms with Gasteiger partial charge >= 0.3 is 5.97 Å². The van der Waals surface area contributed by atoms with Gasteiger partial charge in [-0.05, 0) is 24.1 Å². The van der Waals surface area contributed by atoms with Crippen LogP contribution < -0.4 is 4.90 Å². The minimum atomic E-state index is -0.960. The Morgan fingerprint density at radius 1 is 1.41 bits per heavy atom. The fourth-order valence-electron chi connectivity index (χ4n) is 3.91. The number of carboxylic acids is 1. The number of nitrogens with zero attached hydrogens (tertiary/aromatic N) is 1. The second-order valence-corrected chi connectivity index (χ2v) is 6.18. The first-order chi connectivity index (χ1) is 10.6. The second kappa shape index (κ2) is 4.43. The van der Waals surface area contributed by atoms with Crippen LogP contribution in [-0.2, 0) is 20.7 Å². The lowest BCUT2D eigenvalue weighted by Crippen LogP contribution is -2.39. The van der Waals surface area contributed by atoms with E-state index in [0.29, 0.717) is 6.54 Å². The van der Waals surface area contributed by atoms with Gasteiger partial charge in [-0.3, -0.25) is 9.59 Å². The molecule has 1 amide bonds. The Bertz CT molecular complexity index is 680. The molecule has 1 aromatic rings. The summed E-state index contributed by atoms with van der Waals surface area (Å²) in [7, 11) is 0. The monoisotopic (exact) mass is 299 g/mol. The quantitative estimate of drug-likeness (QED) is 0.861. The van der Waals surface area contributed by atoms with Gasteiger partial charge < -0.3 is 14.7 Å². The summed E-state index contributed by atoms with van der Waals surface area (Å²) in [6.07, 6.45) is 4.12. The molecule has 4 atom stereocenters. The number of carbonyl (C=O) groups excluding carboxylic acids is 1. The van der Waals surface area contributed by atoms with Gasteiger partial charge in [0.2, 0.25) is 5.91 Å². The van der Waals surface area contributed by atoms with Crippen LogP contribution in [0, 0.1) is 11.8 Å². The summed E-state index contributed by atoms with van der Waals surface area (Å²) >= 11 is 0. The van der Waals surface area contributed by atoms with Crippen molar-refractivity contribution in [1.82, 2.24) is 0 Å². The van der Waals surface area contributed by atoms with E-state index in [1.165, 1.54) is 5.56 Å². The smallest absolute Gasteiger partial charge is 0.310 e. The minimum Gasteiger partial charge on any atom is -0.481 e. The average Bonchev–Trinajstić information content (AvgIpc) is 3.15. The molecule has 3 heterocycles. The Kier molecular flexibility index (Phi) is 2.72. The molecule has 22 heavy (non-hydrogen) atoms. The van der Waals surface area contributed by atoms with E-state index in [2.05, 4.69) is 6.92 Å². The van der Waals surface area contributed by atoms with Gasteiger partial charge in [-0.1, -0.05) is 31.2 Å². The molecule has 0 aromatic heterocycles. The lowest BCUT2D eigenvalue weighted by atomic mass is 9.77. The molecule has 5 heteroatoms. The number of hydrogen-bond donors (Lipinski definition) is 1. The number of fused-ring (bicyclic) bond motifs is 1. The van der Waals surface area contributed by atoms with Crippen LogP contribution >= 0.6 is 0 Å². The zero-order chi connectivity index (χ0) is 15.5. The zero-order valence-corrected chi connectivity index (χ0v) is 12.2. The molecule has 114 valence electrons. The fourth-order valence-corrected chi connectivity index (χ4v) is 3.91. The van der Waals surface area contributed by atoms with Crippen molar-refractivity contribution in [3.05, 3.63) is 42.0 Å². The predicted molar refractivity (Wildman–Crippen MR) is 79.5 cm³/mol. The minimum absolute atomic E-state index is 0.150. The van der Waals surface area contributed by atoms with Crippen molar-refractivity contribution in [3.63, 3.8) is 0 Å². The van der Waals surface area contributed by atoms with E-state index >= 15 is 0 Å². The van der Waals surface area contributed by atoms with Gasteiger partial charge in [0.05, 0.1) is 18.6 Å². The molecule has 2 saturated heterocycles. The molecule has 0 radical (unpaired) electrons. The van der Waals surface area contributed by atoms with Crippen LogP contribution in [0.4, 0.5) is 5.69 Å². The van der Waals surface area contributed by atoms with E-state index in [-0.39, 0.29) is 5.91 Å². The van der Waals surface area contributed by atoms with Crippen LogP contribution in [0.15, 0.2) is 36.4 Å². The SMILES string of the molecule is CCc1ccc(N2C[C@@]34C=C[C@@H](O3)[C@@H](C(=O)O)[C@@H]4C2=O)cc1. The first-order valence-corrected chi connectivity index (χ1v) is 7.56. The van der Waals surface area contributed by atoms with Gasteiger partial charge in [-0.2, -0.15) is 0 Å². The lowest BCUT2D eigenvalue weighted by molar-refractivity contribution is -0.146. The zero-order valence-electron chi connectivity index (χ0n) is 12.2. The van der Waals surface area contributed by atoms with Gasteiger partial charge in [-0.15, -0.1) is 0 Å². The number of anilines is 1. The molecular weight excluding hydrogens is 282 g/mol. The number of rotatable bonds is 3. The van der Waals surface area contributed by atoms with Crippen LogP contribution in [0.1, 0.15) is 12.5 Å². The highest BCUT2D eigenvalue weighted by atomic mass is 16.5. The maximum Gasteiger partial charge on any atom is 0.310 e. The van der Waals surface area contributed by atoms with Crippen molar-refractivity contribution in [3.8, 4) is 0 Å². The summed E-state index contributed by atoms with van der Waals surface area (Å²) in [4.78, 5) is 26.0. The average molecular weight is 299 g/mol. The fraction of sp³-hybridized carbons (Fsp3) is 0.412. The first kappa shape index (κ1) is 13.5. The number of carbonyl (C=O) groups is 2. The maximum atomic E-state index is 12.8. The van der Waals surface area contributed by atoms with Crippen molar-refractivity contribution < 1.29 is 19.4 Å². The summed E-state index contributed by atoms with van der Waals surface area (Å²) in [5, 5.41) is 9.44. The first-order valence-electron chi connectivity index (χ1n) is 7.56. The number of carboxylic acid groups (broad SMARTS) is 1. The highest BCUT2D eigenvalue weighted by Gasteiger charge is 2.67. The van der Waals surface area contributed by atoms with Crippen LogP contribution in [0.5, 0.6) is 0 Å². The summed E-state index contributed by atoms with van der Waals surface area (Å²) in [5.41, 5.74) is 1.23. The molecule has 1 spiro atoms. The molecule has 0 saturated carbocycles. The van der Waals surface area contributed by atoms with E-state index in [4.69, 9.17) is 4.74 Å². The Morgan fingerprint density at radius 2 is 2.14 bits per heavy atom. The molecule has 3 aliphatic rings. The Hall–Kier alpha value is -2.14. The lowest BCUT2D eigenvalue weighted by Gasteiger charge is -2.21. The molecule has 4 rings (SSSR count). The number of amides is 1. The number of hydrogen-bond acceptors (Lipinski definition) is 3. The van der Waals surface area contributed by atoms with E-state index in [0.717, 1.165) is 12.1 Å². The molecular formula is C17H17NO4. The molecule has 1 N–H and O–H groups in total. The van der Waals surface area contributed by atoms with Crippen molar-refractivity contribution in [2.24, 2.45) is 11.8 Å². The topological polar surface area (TPSA) is 66.8 Å². The van der Waals surface area contributed by atoms with Crippen LogP contribution in [0.2, 0.25) is 0 Å². The van der Waals surface area contributed by atoms with Gasteiger partial charge in [0.25, 0.3) is 0 Å². The van der Waals surface area contributed by atoms with Gasteiger partial charge in [-0.25, -0.2) is 0 Å². The van der Waals surface area contributed by atoms with Crippen molar-refractivity contribution in [1.29, 1.82) is 0 Å². The number of aliphatic carboxylic acids is 1. The number of benzene rings is 1. The third-order valence-electron chi connectivity index (χ3n) is 5.04. The molecule has 5 nitrogen and oxygen atoms in total. The molecule has 2 bridgehead atoms. The molecule has 0 unspecified atom stereocenters. The van der Waals surface area contributed by atoms with Gasteiger partial charge in [0, 0.05) is 5.69 Å². The molecule has 0 aliphatic carbocycles. The standard InChI is InChI=1S/C17H17NO4/c1-2-10-3-5-11(6-4-10)18-9-17-8-7-12(22-17)13(16(20)21)14(17)15(18)19/h3-8,12-14H,2,9H2,1H3,(H,20,21)/t12-,13-,14-,17-/m1/s1. The van der Waals surface area contributed by atoms with E-state index in [1.807, 2.05) is 30.3 Å². The highest BCUT2D eigenvalue weighted by Crippen LogP contribution is 2.52. The van der Waals surface area contributed by atoms with Crippen molar-refractivity contribution >= 4 is 17.6 Å². The number of ether oxygens (including phenoxy) is 1. The summed E-state index contributed by atoms with van der Waals surface area (Å²) < 4.78 is 5.87. The third-order valence-corrected chi connectivity index (χ3v) is 5.04. The maximum absolute atomic E-state index is 12.8. The van der Waals surface area contributed by atoms with Crippen LogP contribution in [0.3, 0.4) is 0 Å². The molecule has 3 aliphatic heterocycles. The van der Waals surface area contributed by atoms with E-state index in [9.17, 15) is 14.7 Å². The summed E-state index contributed by atoms with van der Waals surface area (Å²) in [5.74, 6) is -2.51. The van der Waals surface area contributed by atoms with Gasteiger partial charge in [0.15, 0.2) is 0 Å². The molecule has 2 fully saturated rings. The Labute approximate surface area is 128 Å². The Balaban J connectivity index is 1.70. The summed E-state index contributed by atoms with van der Waals surface area (Å²) in [6.45, 7) is 2.47. The second-order valence-electron chi connectivity index (χ2n) is 6.18. The normalized spacial score (nSPS) is 35.2. The van der Waals surface area contributed by atoms with E-state index in [1.54, 1.807) is 11.0 Å². The highest BCUT2D eigenvalue weighted by molar-refractivity contribution is 6.02. The van der Waals surface area contributed by atoms with Crippen molar-refractivity contribution in [2.45, 2.75) is 25.0 Å². The predicted octanol–water partition coefficient (Wildman–Crippen LogP) is 1.62. The third kappa shape index (κ3) is 1.63. The van der Waals surface area contributed by atoms with Crippen molar-refractivity contribution in [2.75, 3.05) is 11.4 Å². The van der Waals surface area contributed by atoms with E-state index < -0.39 is 29.5 Å². The molecule has 1 aromatic carbocycles.